The van der Waals surface area contributed by atoms with Gasteiger partial charge in [0.15, 0.2) is 11.1 Å². The first-order valence-electron chi connectivity index (χ1n) is 7.54. The number of hydrogen-bond donors (Lipinski definition) is 3. The van der Waals surface area contributed by atoms with Crippen LogP contribution in [0.25, 0.3) is 11.1 Å². The van der Waals surface area contributed by atoms with Gasteiger partial charge in [0.25, 0.3) is 0 Å². The molecular formula is C17H19FN4OS. The van der Waals surface area contributed by atoms with Crippen LogP contribution in [0.3, 0.4) is 0 Å². The van der Waals surface area contributed by atoms with Crippen molar-refractivity contribution < 1.29 is 9.18 Å². The van der Waals surface area contributed by atoms with E-state index < -0.39 is 11.5 Å². The van der Waals surface area contributed by atoms with E-state index in [2.05, 4.69) is 5.32 Å². The van der Waals surface area contributed by atoms with Gasteiger partial charge in [0.1, 0.15) is 0 Å². The zero-order valence-corrected chi connectivity index (χ0v) is 14.5. The Morgan fingerprint density at radius 2 is 2.12 bits per heavy atom. The molecule has 1 aromatic carbocycles. The Kier molecular flexibility index (Phi) is 3.83. The molecule has 4 N–H and O–H groups in total. The normalized spacial score (nSPS) is 24.2. The second kappa shape index (κ2) is 5.59. The highest BCUT2D eigenvalue weighted by Crippen LogP contribution is 2.41. The quantitative estimate of drug-likeness (QED) is 0.731. The van der Waals surface area contributed by atoms with Crippen molar-refractivity contribution in [3.05, 3.63) is 40.3 Å². The van der Waals surface area contributed by atoms with E-state index in [1.165, 1.54) is 4.90 Å². The monoisotopic (exact) mass is 346 g/mol. The molecule has 24 heavy (non-hydrogen) atoms. The van der Waals surface area contributed by atoms with Crippen molar-refractivity contribution in [1.29, 1.82) is 5.41 Å². The zero-order chi connectivity index (χ0) is 17.6. The number of halogens is 1. The number of thiophene rings is 1. The SMILES string of the molecule is C[C@H]1C(=O)N(C)C(=N)N[C@]1(C)c1cc(-c2cccc(N)c2)c(F)s1. The molecule has 2 aromatic rings. The molecule has 1 amide bonds. The molecule has 1 aliphatic heterocycles. The molecule has 2 atom stereocenters. The summed E-state index contributed by atoms with van der Waals surface area (Å²) in [4.78, 5) is 14.3. The molecule has 7 heteroatoms. The average Bonchev–Trinajstić information content (AvgIpc) is 2.93. The maximum absolute atomic E-state index is 14.6. The summed E-state index contributed by atoms with van der Waals surface area (Å²) in [5.74, 6) is -0.580. The van der Waals surface area contributed by atoms with Crippen molar-refractivity contribution in [3.8, 4) is 11.1 Å². The smallest absolute Gasteiger partial charge is 0.234 e. The van der Waals surface area contributed by atoms with Crippen LogP contribution >= 0.6 is 11.3 Å². The number of anilines is 1. The lowest BCUT2D eigenvalue weighted by atomic mass is 9.82. The Balaban J connectivity index is 2.06. The Morgan fingerprint density at radius 1 is 1.42 bits per heavy atom. The molecule has 1 aliphatic rings. The van der Waals surface area contributed by atoms with Gasteiger partial charge in [-0.2, -0.15) is 4.39 Å². The van der Waals surface area contributed by atoms with Crippen molar-refractivity contribution in [1.82, 2.24) is 10.2 Å². The number of nitrogens with zero attached hydrogens (tertiary/aromatic N) is 1. The topological polar surface area (TPSA) is 82.2 Å². The third kappa shape index (κ3) is 2.45. The molecule has 2 heterocycles. The van der Waals surface area contributed by atoms with E-state index in [0.29, 0.717) is 21.7 Å². The Labute approximate surface area is 143 Å². The third-order valence-corrected chi connectivity index (χ3v) is 5.84. The van der Waals surface area contributed by atoms with E-state index in [4.69, 9.17) is 11.1 Å². The van der Waals surface area contributed by atoms with Gasteiger partial charge in [-0.25, -0.2) is 0 Å². The number of amides is 1. The van der Waals surface area contributed by atoms with Gasteiger partial charge in [-0.1, -0.05) is 19.1 Å². The first-order valence-corrected chi connectivity index (χ1v) is 8.35. The van der Waals surface area contributed by atoms with Crippen molar-refractivity contribution >= 4 is 28.9 Å². The molecule has 3 rings (SSSR count). The Morgan fingerprint density at radius 3 is 2.79 bits per heavy atom. The fraction of sp³-hybridized carbons (Fsp3) is 0.294. The van der Waals surface area contributed by atoms with Crippen LogP contribution in [0.15, 0.2) is 30.3 Å². The van der Waals surface area contributed by atoms with E-state index in [9.17, 15) is 9.18 Å². The maximum Gasteiger partial charge on any atom is 0.234 e. The van der Waals surface area contributed by atoms with E-state index in [0.717, 1.165) is 11.3 Å². The van der Waals surface area contributed by atoms with Gasteiger partial charge in [0.05, 0.1) is 11.5 Å². The summed E-state index contributed by atoms with van der Waals surface area (Å²) >= 11 is 0.992. The van der Waals surface area contributed by atoms with Gasteiger partial charge < -0.3 is 11.1 Å². The van der Waals surface area contributed by atoms with Gasteiger partial charge in [-0.3, -0.25) is 15.1 Å². The van der Waals surface area contributed by atoms with Crippen LogP contribution in [-0.4, -0.2) is 23.8 Å². The summed E-state index contributed by atoms with van der Waals surface area (Å²) in [5, 5.41) is 10.7. The number of carbonyl (C=O) groups is 1. The van der Waals surface area contributed by atoms with E-state index in [1.54, 1.807) is 44.3 Å². The third-order valence-electron chi connectivity index (χ3n) is 4.68. The fourth-order valence-electron chi connectivity index (χ4n) is 2.89. The molecule has 0 spiro atoms. The summed E-state index contributed by atoms with van der Waals surface area (Å²) in [6, 6.07) is 8.78. The van der Waals surface area contributed by atoms with Gasteiger partial charge in [-0.05, 0) is 30.7 Å². The highest BCUT2D eigenvalue weighted by molar-refractivity contribution is 7.11. The average molecular weight is 346 g/mol. The van der Waals surface area contributed by atoms with Crippen LogP contribution in [0.4, 0.5) is 10.1 Å². The van der Waals surface area contributed by atoms with E-state index >= 15 is 0 Å². The molecule has 0 aliphatic carbocycles. The van der Waals surface area contributed by atoms with Crippen LogP contribution < -0.4 is 11.1 Å². The molecule has 1 saturated heterocycles. The molecule has 0 bridgehead atoms. The maximum atomic E-state index is 14.6. The minimum atomic E-state index is -0.829. The Hall–Kier alpha value is -2.41. The van der Waals surface area contributed by atoms with Crippen molar-refractivity contribution in [2.45, 2.75) is 19.4 Å². The predicted octanol–water partition coefficient (Wildman–Crippen LogP) is 2.98. The standard InChI is InChI=1S/C17H19FN4OS/c1-9-15(23)22(3)16(20)21-17(9,2)13-8-12(14(18)24-13)10-5-4-6-11(19)7-10/h4-9H,19H2,1-3H3,(H2,20,21)/t9-,17-/m0/s1. The summed E-state index contributed by atoms with van der Waals surface area (Å²) in [7, 11) is 1.56. The number of nitrogen functional groups attached to an aromatic ring is 1. The molecule has 0 unspecified atom stereocenters. The summed E-state index contributed by atoms with van der Waals surface area (Å²) in [6.45, 7) is 3.61. The summed E-state index contributed by atoms with van der Waals surface area (Å²) in [6.07, 6.45) is 0. The highest BCUT2D eigenvalue weighted by Gasteiger charge is 2.46. The van der Waals surface area contributed by atoms with Crippen molar-refractivity contribution in [3.63, 3.8) is 0 Å². The van der Waals surface area contributed by atoms with Crippen LogP contribution in [0.1, 0.15) is 18.7 Å². The molecule has 1 fully saturated rings. The molecule has 5 nitrogen and oxygen atoms in total. The first-order chi connectivity index (χ1) is 11.2. The number of nitrogens with one attached hydrogen (secondary N) is 2. The first kappa shape index (κ1) is 16.4. The number of benzene rings is 1. The molecule has 0 radical (unpaired) electrons. The largest absolute Gasteiger partial charge is 0.399 e. The molecule has 1 aromatic heterocycles. The molecular weight excluding hydrogens is 327 g/mol. The van der Waals surface area contributed by atoms with Crippen molar-refractivity contribution in [2.75, 3.05) is 12.8 Å². The van der Waals surface area contributed by atoms with Crippen molar-refractivity contribution in [2.24, 2.45) is 5.92 Å². The predicted molar refractivity (Wildman–Crippen MR) is 94.3 cm³/mol. The zero-order valence-electron chi connectivity index (χ0n) is 13.7. The second-order valence-corrected chi connectivity index (χ2v) is 7.22. The number of hydrogen-bond acceptors (Lipinski definition) is 4. The minimum Gasteiger partial charge on any atom is -0.399 e. The van der Waals surface area contributed by atoms with Gasteiger partial charge in [0, 0.05) is 23.2 Å². The van der Waals surface area contributed by atoms with Gasteiger partial charge in [0.2, 0.25) is 5.91 Å². The summed E-state index contributed by atoms with van der Waals surface area (Å²) in [5.41, 5.74) is 6.67. The minimum absolute atomic E-state index is 0.0138. The lowest BCUT2D eigenvalue weighted by Gasteiger charge is -2.43. The Bertz CT molecular complexity index is 834. The number of nitrogens with two attached hydrogens (primary N) is 1. The lowest BCUT2D eigenvalue weighted by molar-refractivity contribution is -0.134. The number of guanidine groups is 1. The van der Waals surface area contributed by atoms with Crippen LogP contribution in [-0.2, 0) is 10.3 Å². The fourth-order valence-corrected chi connectivity index (χ4v) is 3.98. The number of carbonyl (C=O) groups excluding carboxylic acids is 1. The highest BCUT2D eigenvalue weighted by atomic mass is 32.1. The summed E-state index contributed by atoms with van der Waals surface area (Å²) < 4.78 is 14.6. The van der Waals surface area contributed by atoms with E-state index in [1.807, 2.05) is 6.92 Å². The van der Waals surface area contributed by atoms with Gasteiger partial charge in [-0.15, -0.1) is 11.3 Å². The van der Waals surface area contributed by atoms with Crippen LogP contribution in [0, 0.1) is 16.5 Å². The lowest BCUT2D eigenvalue weighted by Crippen LogP contribution is -2.62. The molecule has 0 saturated carbocycles. The van der Waals surface area contributed by atoms with Gasteiger partial charge >= 0.3 is 0 Å². The van der Waals surface area contributed by atoms with E-state index in [-0.39, 0.29) is 17.0 Å². The van der Waals surface area contributed by atoms with Crippen LogP contribution in [0.5, 0.6) is 0 Å². The second-order valence-electron chi connectivity index (χ2n) is 6.22. The molecule has 126 valence electrons. The van der Waals surface area contributed by atoms with Crippen LogP contribution in [0.2, 0.25) is 0 Å². The number of rotatable bonds is 2.